The molecule has 1 heterocycles. The lowest BCUT2D eigenvalue weighted by molar-refractivity contribution is 0.357. The van der Waals surface area contributed by atoms with Gasteiger partial charge < -0.3 is 5.32 Å². The Morgan fingerprint density at radius 2 is 1.95 bits per heavy atom. The van der Waals surface area contributed by atoms with E-state index in [2.05, 4.69) is 24.4 Å². The molecule has 0 spiro atoms. The van der Waals surface area contributed by atoms with Crippen molar-refractivity contribution in [1.29, 1.82) is 0 Å². The number of hydrogen-bond donors (Lipinski definition) is 1. The largest absolute Gasteiger partial charge is 0.310 e. The van der Waals surface area contributed by atoms with Gasteiger partial charge in [0, 0.05) is 12.3 Å². The molecule has 4 heteroatoms. The van der Waals surface area contributed by atoms with E-state index >= 15 is 0 Å². The first-order valence-electron chi connectivity index (χ1n) is 6.67. The van der Waals surface area contributed by atoms with Crippen LogP contribution in [0.3, 0.4) is 0 Å². The molecule has 1 saturated heterocycles. The lowest BCUT2D eigenvalue weighted by Gasteiger charge is -2.25. The predicted octanol–water partition coefficient (Wildman–Crippen LogP) is 2.49. The Kier molecular flexibility index (Phi) is 4.42. The fourth-order valence-electron chi connectivity index (χ4n) is 2.35. The summed E-state index contributed by atoms with van der Waals surface area (Å²) in [5, 5.41) is 3.47. The van der Waals surface area contributed by atoms with Gasteiger partial charge >= 0.3 is 0 Å². The molecule has 1 aromatic rings. The monoisotopic (exact) mass is 279 g/mol. The van der Waals surface area contributed by atoms with Crippen molar-refractivity contribution in [3.8, 4) is 0 Å². The van der Waals surface area contributed by atoms with Crippen LogP contribution >= 0.6 is 0 Å². The summed E-state index contributed by atoms with van der Waals surface area (Å²) < 4.78 is 22.7. The maximum Gasteiger partial charge on any atom is 0.175 e. The van der Waals surface area contributed by atoms with Crippen molar-refractivity contribution in [2.75, 3.05) is 12.8 Å². The van der Waals surface area contributed by atoms with Crippen molar-refractivity contribution in [3.05, 3.63) is 35.9 Å². The summed E-state index contributed by atoms with van der Waals surface area (Å²) in [5.74, 6) is 0.767. The minimum absolute atomic E-state index is 0.370. The van der Waals surface area contributed by atoms with E-state index in [0.717, 1.165) is 24.4 Å². The number of benzene rings is 1. The molecule has 0 amide bonds. The highest BCUT2D eigenvalue weighted by Crippen LogP contribution is 2.17. The zero-order chi connectivity index (χ0) is 13.9. The fourth-order valence-corrected chi connectivity index (χ4v) is 2.98. The quantitative estimate of drug-likeness (QED) is 0.924. The first-order chi connectivity index (χ1) is 8.95. The molecule has 0 radical (unpaired) electrons. The Balaban J connectivity index is 2.03. The van der Waals surface area contributed by atoms with Crippen LogP contribution in [0, 0.1) is 5.92 Å². The lowest BCUT2D eigenvalue weighted by Crippen LogP contribution is -2.35. The van der Waals surface area contributed by atoms with Gasteiger partial charge in [-0.25, -0.2) is 8.42 Å². The summed E-state index contributed by atoms with van der Waals surface area (Å²) >= 11 is 0. The normalized spacial score (nSPS) is 24.7. The first kappa shape index (κ1) is 14.3. The number of sulfone groups is 1. The number of piperidine rings is 1. The van der Waals surface area contributed by atoms with E-state index in [1.54, 1.807) is 12.1 Å². The first-order valence-corrected chi connectivity index (χ1v) is 8.56. The van der Waals surface area contributed by atoms with Gasteiger partial charge in [-0.3, -0.25) is 0 Å². The maximum absolute atomic E-state index is 11.4. The molecule has 2 rings (SSSR count). The van der Waals surface area contributed by atoms with Crippen LogP contribution in [0.15, 0.2) is 35.2 Å². The van der Waals surface area contributed by atoms with Crippen LogP contribution in [0.4, 0.5) is 0 Å². The maximum atomic E-state index is 11.4. The second-order valence-corrected chi connectivity index (χ2v) is 7.41. The Morgan fingerprint density at radius 1 is 1.26 bits per heavy atom. The average molecular weight is 279 g/mol. The highest BCUT2D eigenvalue weighted by Gasteiger charge is 2.15. The molecule has 19 heavy (non-hydrogen) atoms. The van der Waals surface area contributed by atoms with Gasteiger partial charge in [0.25, 0.3) is 0 Å². The third kappa shape index (κ3) is 4.18. The standard InChI is InChI=1S/C15H21NO2S/c1-12-9-10-16-14(11-12)6-3-13-4-7-15(8-5-13)19(2,17)18/h3-8,12,14,16H,9-11H2,1-2H3/b6-3+. The van der Waals surface area contributed by atoms with Gasteiger partial charge in [-0.05, 0) is 43.0 Å². The zero-order valence-electron chi connectivity index (χ0n) is 11.5. The van der Waals surface area contributed by atoms with Crippen LogP contribution in [-0.4, -0.2) is 27.3 Å². The predicted molar refractivity (Wildman–Crippen MR) is 78.8 cm³/mol. The second kappa shape index (κ2) is 5.88. The van der Waals surface area contributed by atoms with E-state index in [-0.39, 0.29) is 0 Å². The number of hydrogen-bond acceptors (Lipinski definition) is 3. The van der Waals surface area contributed by atoms with Crippen molar-refractivity contribution in [2.24, 2.45) is 5.92 Å². The molecule has 1 aromatic carbocycles. The molecule has 1 aliphatic heterocycles. The van der Waals surface area contributed by atoms with Gasteiger partial charge in [-0.2, -0.15) is 0 Å². The summed E-state index contributed by atoms with van der Waals surface area (Å²) in [4.78, 5) is 0.370. The highest BCUT2D eigenvalue weighted by molar-refractivity contribution is 7.90. The van der Waals surface area contributed by atoms with E-state index in [1.807, 2.05) is 12.1 Å². The van der Waals surface area contributed by atoms with Gasteiger partial charge in [0.2, 0.25) is 0 Å². The van der Waals surface area contributed by atoms with Crippen molar-refractivity contribution < 1.29 is 8.42 Å². The van der Waals surface area contributed by atoms with Crippen LogP contribution in [0.2, 0.25) is 0 Å². The number of rotatable bonds is 3. The van der Waals surface area contributed by atoms with Crippen molar-refractivity contribution in [1.82, 2.24) is 5.32 Å². The van der Waals surface area contributed by atoms with Gasteiger partial charge in [0.05, 0.1) is 4.90 Å². The minimum Gasteiger partial charge on any atom is -0.310 e. The smallest absolute Gasteiger partial charge is 0.175 e. The van der Waals surface area contributed by atoms with E-state index in [4.69, 9.17) is 0 Å². The fraction of sp³-hybridized carbons (Fsp3) is 0.467. The van der Waals surface area contributed by atoms with Gasteiger partial charge in [-0.15, -0.1) is 0 Å². The Bertz CT molecular complexity index is 546. The third-order valence-corrected chi connectivity index (χ3v) is 4.66. The summed E-state index contributed by atoms with van der Waals surface area (Å²) in [6.45, 7) is 3.35. The molecule has 1 aliphatic rings. The minimum atomic E-state index is -3.10. The lowest BCUT2D eigenvalue weighted by atomic mass is 9.94. The molecule has 0 bridgehead atoms. The molecule has 2 atom stereocenters. The molecule has 104 valence electrons. The summed E-state index contributed by atoms with van der Waals surface area (Å²) in [5.41, 5.74) is 1.03. The molecule has 1 N–H and O–H groups in total. The Labute approximate surface area is 115 Å². The third-order valence-electron chi connectivity index (χ3n) is 3.53. The molecule has 0 aliphatic carbocycles. The van der Waals surface area contributed by atoms with E-state index in [9.17, 15) is 8.42 Å². The second-order valence-electron chi connectivity index (χ2n) is 5.39. The van der Waals surface area contributed by atoms with Crippen molar-refractivity contribution >= 4 is 15.9 Å². The molecule has 3 nitrogen and oxygen atoms in total. The van der Waals surface area contributed by atoms with Crippen LogP contribution in [0.25, 0.3) is 6.08 Å². The van der Waals surface area contributed by atoms with E-state index < -0.39 is 9.84 Å². The molecule has 1 fully saturated rings. The van der Waals surface area contributed by atoms with E-state index in [1.165, 1.54) is 12.7 Å². The molecular formula is C15H21NO2S. The molecule has 0 saturated carbocycles. The Morgan fingerprint density at radius 3 is 2.53 bits per heavy atom. The zero-order valence-corrected chi connectivity index (χ0v) is 12.3. The molecular weight excluding hydrogens is 258 g/mol. The molecule has 0 aromatic heterocycles. The summed E-state index contributed by atoms with van der Waals surface area (Å²) in [7, 11) is -3.10. The SMILES string of the molecule is CC1CCNC(/C=C/c2ccc(S(C)(=O)=O)cc2)C1. The highest BCUT2D eigenvalue weighted by atomic mass is 32.2. The van der Waals surface area contributed by atoms with Crippen molar-refractivity contribution in [2.45, 2.75) is 30.7 Å². The van der Waals surface area contributed by atoms with Crippen molar-refractivity contribution in [3.63, 3.8) is 0 Å². The molecule has 2 unspecified atom stereocenters. The van der Waals surface area contributed by atoms with Crippen LogP contribution < -0.4 is 5.32 Å². The van der Waals surface area contributed by atoms with Crippen LogP contribution in [-0.2, 0) is 9.84 Å². The summed E-state index contributed by atoms with van der Waals surface area (Å²) in [6.07, 6.45) is 7.86. The van der Waals surface area contributed by atoms with Gasteiger partial charge in [0.15, 0.2) is 9.84 Å². The van der Waals surface area contributed by atoms with Gasteiger partial charge in [-0.1, -0.05) is 31.2 Å². The van der Waals surface area contributed by atoms with E-state index in [0.29, 0.717) is 10.9 Å². The van der Waals surface area contributed by atoms with Crippen LogP contribution in [0.5, 0.6) is 0 Å². The topological polar surface area (TPSA) is 46.2 Å². The van der Waals surface area contributed by atoms with Crippen LogP contribution in [0.1, 0.15) is 25.3 Å². The van der Waals surface area contributed by atoms with Gasteiger partial charge in [0.1, 0.15) is 0 Å². The Hall–Kier alpha value is -1.13. The summed E-state index contributed by atoms with van der Waals surface area (Å²) in [6, 6.07) is 7.44. The average Bonchev–Trinajstić information content (AvgIpc) is 2.36. The number of nitrogens with one attached hydrogen (secondary N) is 1.